The quantitative estimate of drug-likeness (QED) is 0.0390. The van der Waals surface area contributed by atoms with Crippen LogP contribution in [0.15, 0.2) is 24.7 Å². The summed E-state index contributed by atoms with van der Waals surface area (Å²) >= 11 is 0. The average Bonchev–Trinajstić information content (AvgIpc) is 3.09. The Morgan fingerprint density at radius 3 is 0.889 bits per heavy atom. The maximum absolute atomic E-state index is 11.1. The fourth-order valence-electron chi connectivity index (χ4n) is 5.72. The van der Waals surface area contributed by atoms with Crippen molar-refractivity contribution in [2.24, 2.45) is 11.8 Å². The third-order valence-corrected chi connectivity index (χ3v) is 8.96. The van der Waals surface area contributed by atoms with Gasteiger partial charge in [0.2, 0.25) is 0 Å². The van der Waals surface area contributed by atoms with Gasteiger partial charge in [-0.05, 0) is 62.5 Å². The summed E-state index contributed by atoms with van der Waals surface area (Å²) in [6, 6.07) is 0. The van der Waals surface area contributed by atoms with Gasteiger partial charge in [0.25, 0.3) is 0 Å². The van der Waals surface area contributed by atoms with Crippen molar-refractivity contribution in [2.45, 2.75) is 220 Å². The van der Waals surface area contributed by atoms with E-state index in [4.69, 9.17) is 9.47 Å². The summed E-state index contributed by atoms with van der Waals surface area (Å²) in [5.41, 5.74) is 0. The van der Waals surface area contributed by atoms with Crippen LogP contribution in [-0.2, 0) is 28.7 Å². The van der Waals surface area contributed by atoms with Crippen molar-refractivity contribution in [2.75, 3.05) is 0 Å². The Morgan fingerprint density at radius 1 is 0.407 bits per heavy atom. The Bertz CT molecular complexity index is 833. The van der Waals surface area contributed by atoms with Crippen LogP contribution < -0.4 is 69.3 Å². The number of esters is 2. The molecule has 0 bridgehead atoms. The molecule has 0 amide bonds. The first-order chi connectivity index (χ1) is 25.0. The molecule has 0 aliphatic rings. The van der Waals surface area contributed by atoms with Gasteiger partial charge in [-0.15, -0.1) is 0 Å². The molecule has 0 aliphatic carbocycles. The van der Waals surface area contributed by atoms with Gasteiger partial charge in [-0.3, -0.25) is 9.59 Å². The number of ether oxygens (including phenoxy) is 2. The summed E-state index contributed by atoms with van der Waals surface area (Å²) in [7, 11) is 0. The molecule has 0 saturated heterocycles. The summed E-state index contributed by atoms with van der Waals surface area (Å²) in [5, 5.41) is 20.4. The molecule has 0 aromatic carbocycles. The summed E-state index contributed by atoms with van der Waals surface area (Å²) in [5.74, 6) is -1.81. The van der Waals surface area contributed by atoms with Crippen LogP contribution >= 0.6 is 0 Å². The second kappa shape index (κ2) is 48.5. The predicted octanol–water partition coefficient (Wildman–Crippen LogP) is 4.61. The van der Waals surface area contributed by atoms with Gasteiger partial charge in [0.15, 0.2) is 0 Å². The van der Waals surface area contributed by atoms with Gasteiger partial charge in [-0.1, -0.05) is 169 Å². The van der Waals surface area contributed by atoms with Gasteiger partial charge >= 0.3 is 71.1 Å². The minimum absolute atomic E-state index is 0. The second-order valence-corrected chi connectivity index (χ2v) is 15.2. The van der Waals surface area contributed by atoms with Gasteiger partial charge < -0.3 is 29.3 Å². The molecule has 304 valence electrons. The van der Waals surface area contributed by atoms with Gasteiger partial charge in [0.05, 0.1) is 25.4 Å². The summed E-state index contributed by atoms with van der Waals surface area (Å²) < 4.78 is 9.60. The Morgan fingerprint density at radius 2 is 0.648 bits per heavy atom. The Labute approximate surface area is 375 Å². The number of carboxylic acids is 2. The first-order valence-electron chi connectivity index (χ1n) is 21.1. The van der Waals surface area contributed by atoms with Crippen LogP contribution in [0.4, 0.5) is 0 Å². The topological polar surface area (TPSA) is 133 Å². The normalized spacial score (nSPS) is 10.9. The molecule has 0 aromatic heterocycles. The summed E-state index contributed by atoms with van der Waals surface area (Å²) in [4.78, 5) is 42.7. The number of carbonyl (C=O) groups excluding carboxylic acids is 4. The van der Waals surface area contributed by atoms with E-state index in [2.05, 4.69) is 27.7 Å². The third kappa shape index (κ3) is 58.1. The van der Waals surface area contributed by atoms with Crippen molar-refractivity contribution in [1.82, 2.24) is 0 Å². The van der Waals surface area contributed by atoms with Crippen LogP contribution in [0.1, 0.15) is 220 Å². The van der Waals surface area contributed by atoms with E-state index in [1.165, 1.54) is 154 Å². The number of allylic oxidation sites excluding steroid dienone is 2. The van der Waals surface area contributed by atoms with Gasteiger partial charge in [-0.2, -0.15) is 0 Å². The summed E-state index contributed by atoms with van der Waals surface area (Å²) in [6.07, 6.45) is 39.3. The monoisotopic (exact) mass is 781 g/mol. The number of carboxylic acid groups (broad SMARTS) is 2. The van der Waals surface area contributed by atoms with E-state index in [1.807, 2.05) is 12.2 Å². The molecule has 0 N–H and O–H groups in total. The number of hydrogen-bond acceptors (Lipinski definition) is 8. The van der Waals surface area contributed by atoms with Gasteiger partial charge in [-0.25, -0.2) is 0 Å². The minimum atomic E-state index is -1.23. The molecule has 0 aromatic rings. The van der Waals surface area contributed by atoms with Crippen LogP contribution in [0, 0.1) is 11.8 Å². The molecule has 54 heavy (non-hydrogen) atoms. The smallest absolute Gasteiger partial charge is 0.550 e. The average molecular weight is 781 g/mol. The molecule has 8 nitrogen and oxygen atoms in total. The van der Waals surface area contributed by atoms with E-state index in [1.54, 1.807) is 0 Å². The second-order valence-electron chi connectivity index (χ2n) is 15.2. The molecule has 0 spiro atoms. The number of hydrogen-bond donors (Lipinski definition) is 0. The molecule has 0 fully saturated rings. The van der Waals surface area contributed by atoms with Crippen LogP contribution in [0.2, 0.25) is 0 Å². The van der Waals surface area contributed by atoms with Crippen molar-refractivity contribution in [3.8, 4) is 0 Å². The Hall–Kier alpha value is -0.640. The van der Waals surface area contributed by atoms with Crippen molar-refractivity contribution in [3.63, 3.8) is 0 Å². The molecule has 0 atom stereocenters. The summed E-state index contributed by atoms with van der Waals surface area (Å²) in [6.45, 7) is 9.20. The van der Waals surface area contributed by atoms with Crippen LogP contribution in [0.5, 0.6) is 0 Å². The minimum Gasteiger partial charge on any atom is -0.550 e. The molecule has 0 saturated carbocycles. The van der Waals surface area contributed by atoms with E-state index in [0.717, 1.165) is 37.5 Å². The fraction of sp³-hybridized carbons (Fsp3) is 0.818. The standard InChI is InChI=1S/2C22H40O4.2Na/c2*1-20(2)16-14-12-10-8-6-4-3-5-7-9-11-13-15-19-26-22(25)18-17-21(23)24;;/h2*15,19-20H,3-14,16-18H2,1-2H3,(H,23,24);;/q;;2*+1/p-2. The van der Waals surface area contributed by atoms with Crippen molar-refractivity contribution in [1.29, 1.82) is 0 Å². The molecule has 0 heterocycles. The SMILES string of the molecule is CC(C)CCCCCCCCCCCCCC=COC(=O)CCC(=O)[O-].CC(C)CCCCCCCCCCCCCC=COC(=O)CCC(=O)[O-].[Na+].[Na+]. The number of unbranched alkanes of at least 4 members (excludes halogenated alkanes) is 22. The van der Waals surface area contributed by atoms with Crippen molar-refractivity contribution < 1.29 is 98.0 Å². The molecule has 10 heteroatoms. The van der Waals surface area contributed by atoms with E-state index in [0.29, 0.717) is 0 Å². The van der Waals surface area contributed by atoms with E-state index in [9.17, 15) is 29.4 Å². The van der Waals surface area contributed by atoms with Crippen molar-refractivity contribution >= 4 is 23.9 Å². The number of carbonyl (C=O) groups is 4. The maximum Gasteiger partial charge on any atom is 1.00 e. The zero-order valence-electron chi connectivity index (χ0n) is 35.9. The van der Waals surface area contributed by atoms with Gasteiger partial charge in [0.1, 0.15) is 0 Å². The fourth-order valence-corrected chi connectivity index (χ4v) is 5.72. The Kier molecular flexibility index (Phi) is 53.9. The van der Waals surface area contributed by atoms with Crippen molar-refractivity contribution in [3.05, 3.63) is 24.7 Å². The first kappa shape index (κ1) is 60.0. The zero-order chi connectivity index (χ0) is 38.9. The van der Waals surface area contributed by atoms with Crippen LogP contribution in [0.3, 0.4) is 0 Å². The molecular weight excluding hydrogens is 702 g/mol. The molecular formula is C44H78Na2O8. The molecule has 0 aliphatic heterocycles. The molecule has 0 radical (unpaired) electrons. The molecule has 0 rings (SSSR count). The number of rotatable bonds is 36. The van der Waals surface area contributed by atoms with E-state index < -0.39 is 23.9 Å². The van der Waals surface area contributed by atoms with Gasteiger partial charge in [0, 0.05) is 11.9 Å². The number of aliphatic carboxylic acids is 2. The first-order valence-corrected chi connectivity index (χ1v) is 21.1. The maximum atomic E-state index is 11.1. The predicted molar refractivity (Wildman–Crippen MR) is 209 cm³/mol. The van der Waals surface area contributed by atoms with Crippen LogP contribution in [-0.4, -0.2) is 23.9 Å². The molecule has 0 unspecified atom stereocenters. The largest absolute Gasteiger partial charge is 1.00 e. The zero-order valence-corrected chi connectivity index (χ0v) is 39.9. The third-order valence-electron chi connectivity index (χ3n) is 8.96. The van der Waals surface area contributed by atoms with Crippen LogP contribution in [0.25, 0.3) is 0 Å². The van der Waals surface area contributed by atoms with E-state index in [-0.39, 0.29) is 84.8 Å². The Balaban J connectivity index is -0.000000446. The van der Waals surface area contributed by atoms with E-state index >= 15 is 0 Å².